The van der Waals surface area contributed by atoms with Gasteiger partial charge in [0.25, 0.3) is 0 Å². The van der Waals surface area contributed by atoms with E-state index in [1.54, 1.807) is 0 Å². The van der Waals surface area contributed by atoms with E-state index < -0.39 is 0 Å². The first-order valence-corrected chi connectivity index (χ1v) is 3.44. The van der Waals surface area contributed by atoms with Gasteiger partial charge in [-0.1, -0.05) is 13.8 Å². The fourth-order valence-electron chi connectivity index (χ4n) is 0.540. The van der Waals surface area contributed by atoms with Gasteiger partial charge >= 0.3 is 0 Å². The van der Waals surface area contributed by atoms with Gasteiger partial charge in [0.2, 0.25) is 0 Å². The van der Waals surface area contributed by atoms with Crippen LogP contribution in [0, 0.1) is 0 Å². The summed E-state index contributed by atoms with van der Waals surface area (Å²) in [6.07, 6.45) is 1.27. The molecule has 0 fully saturated rings. The molecular formula is C7H19NO. The molecule has 0 spiro atoms. The third-order valence-electron chi connectivity index (χ3n) is 1.15. The van der Waals surface area contributed by atoms with Crippen LogP contribution >= 0.6 is 0 Å². The summed E-state index contributed by atoms with van der Waals surface area (Å²) in [5.41, 5.74) is 0. The molecule has 2 heteroatoms. The van der Waals surface area contributed by atoms with Crippen LogP contribution in [0.4, 0.5) is 0 Å². The second kappa shape index (κ2) is 10.8. The zero-order valence-electron chi connectivity index (χ0n) is 7.02. The Kier molecular flexibility index (Phi) is 14.0. The van der Waals surface area contributed by atoms with E-state index in [4.69, 9.17) is 5.11 Å². The van der Waals surface area contributed by atoms with Crippen molar-refractivity contribution in [3.63, 3.8) is 0 Å². The Morgan fingerprint density at radius 1 is 1.22 bits per heavy atom. The summed E-state index contributed by atoms with van der Waals surface area (Å²) in [6, 6.07) is 0. The lowest BCUT2D eigenvalue weighted by molar-refractivity contribution is 0.353. The van der Waals surface area contributed by atoms with Crippen LogP contribution in [0.1, 0.15) is 20.3 Å². The molecule has 0 saturated heterocycles. The molecule has 0 aromatic heterocycles. The predicted molar refractivity (Wildman–Crippen MR) is 41.6 cm³/mol. The molecule has 0 atom stereocenters. The average Bonchev–Trinajstić information content (AvgIpc) is 1.93. The Hall–Kier alpha value is -0.0800. The largest absolute Gasteiger partial charge is 0.400 e. The van der Waals surface area contributed by atoms with Crippen molar-refractivity contribution in [1.29, 1.82) is 0 Å². The van der Waals surface area contributed by atoms with Crippen molar-refractivity contribution in [1.82, 2.24) is 4.90 Å². The van der Waals surface area contributed by atoms with Crippen LogP contribution in [0.2, 0.25) is 0 Å². The Labute approximate surface area is 58.5 Å². The topological polar surface area (TPSA) is 23.5 Å². The van der Waals surface area contributed by atoms with Gasteiger partial charge in [0, 0.05) is 7.11 Å². The average molecular weight is 133 g/mol. The van der Waals surface area contributed by atoms with Crippen molar-refractivity contribution in [3.8, 4) is 0 Å². The molecule has 0 saturated carbocycles. The van der Waals surface area contributed by atoms with Crippen LogP contribution in [0.25, 0.3) is 0 Å². The van der Waals surface area contributed by atoms with E-state index in [0.717, 1.165) is 7.11 Å². The van der Waals surface area contributed by atoms with Gasteiger partial charge in [0.05, 0.1) is 0 Å². The number of aliphatic hydroxyl groups excluding tert-OH is 1. The van der Waals surface area contributed by atoms with Gasteiger partial charge in [0.1, 0.15) is 0 Å². The second-order valence-corrected chi connectivity index (χ2v) is 1.90. The molecule has 0 bridgehead atoms. The van der Waals surface area contributed by atoms with Gasteiger partial charge in [-0.2, -0.15) is 0 Å². The van der Waals surface area contributed by atoms with Gasteiger partial charge < -0.3 is 10.0 Å². The lowest BCUT2D eigenvalue weighted by Gasteiger charge is -2.10. The van der Waals surface area contributed by atoms with Gasteiger partial charge in [-0.25, -0.2) is 0 Å². The van der Waals surface area contributed by atoms with E-state index in [-0.39, 0.29) is 0 Å². The molecule has 0 amide bonds. The molecule has 0 unspecified atom stereocenters. The molecule has 9 heavy (non-hydrogen) atoms. The van der Waals surface area contributed by atoms with Crippen LogP contribution in [-0.2, 0) is 0 Å². The van der Waals surface area contributed by atoms with Crippen molar-refractivity contribution in [3.05, 3.63) is 0 Å². The summed E-state index contributed by atoms with van der Waals surface area (Å²) >= 11 is 0. The molecule has 0 aliphatic rings. The first-order valence-electron chi connectivity index (χ1n) is 3.44. The van der Waals surface area contributed by atoms with Crippen LogP contribution in [0.5, 0.6) is 0 Å². The summed E-state index contributed by atoms with van der Waals surface area (Å²) in [6.45, 7) is 6.78. The Morgan fingerprint density at radius 3 is 1.78 bits per heavy atom. The quantitative estimate of drug-likeness (QED) is 0.619. The summed E-state index contributed by atoms with van der Waals surface area (Å²) in [7, 11) is 3.14. The summed E-state index contributed by atoms with van der Waals surface area (Å²) in [4.78, 5) is 2.31. The minimum atomic E-state index is 1.00. The van der Waals surface area contributed by atoms with E-state index in [1.807, 2.05) is 0 Å². The number of hydrogen-bond donors (Lipinski definition) is 1. The molecule has 0 heterocycles. The fourth-order valence-corrected chi connectivity index (χ4v) is 0.540. The van der Waals surface area contributed by atoms with Crippen molar-refractivity contribution in [2.24, 2.45) is 0 Å². The van der Waals surface area contributed by atoms with E-state index in [0.29, 0.717) is 0 Å². The number of rotatable bonds is 3. The molecule has 0 rings (SSSR count). The third-order valence-corrected chi connectivity index (χ3v) is 1.15. The SMILES string of the molecule is CCCN(C)CC.CO. The van der Waals surface area contributed by atoms with Crippen LogP contribution in [0.3, 0.4) is 0 Å². The normalized spacial score (nSPS) is 8.67. The Bertz CT molecular complexity index is 39.9. The number of hydrogen-bond acceptors (Lipinski definition) is 2. The molecular weight excluding hydrogens is 114 g/mol. The van der Waals surface area contributed by atoms with Gasteiger partial charge in [0.15, 0.2) is 0 Å². The minimum absolute atomic E-state index is 1.00. The molecule has 0 aromatic rings. The highest BCUT2D eigenvalue weighted by molar-refractivity contribution is 4.41. The maximum atomic E-state index is 7.00. The molecule has 0 aliphatic carbocycles. The maximum Gasteiger partial charge on any atom is 0.0319 e. The molecule has 0 aliphatic heterocycles. The van der Waals surface area contributed by atoms with Crippen LogP contribution in [0.15, 0.2) is 0 Å². The molecule has 1 N–H and O–H groups in total. The second-order valence-electron chi connectivity index (χ2n) is 1.90. The lowest BCUT2D eigenvalue weighted by Crippen LogP contribution is -2.17. The fraction of sp³-hybridized carbons (Fsp3) is 1.00. The van der Waals surface area contributed by atoms with Crippen molar-refractivity contribution >= 4 is 0 Å². The van der Waals surface area contributed by atoms with Crippen molar-refractivity contribution < 1.29 is 5.11 Å². The first-order chi connectivity index (χ1) is 4.31. The summed E-state index contributed by atoms with van der Waals surface area (Å²) in [5.74, 6) is 0. The maximum absolute atomic E-state index is 7.00. The molecule has 2 nitrogen and oxygen atoms in total. The van der Waals surface area contributed by atoms with Gasteiger partial charge in [-0.05, 0) is 26.6 Å². The van der Waals surface area contributed by atoms with Gasteiger partial charge in [-0.3, -0.25) is 0 Å². The van der Waals surface area contributed by atoms with Crippen molar-refractivity contribution in [2.75, 3.05) is 27.2 Å². The summed E-state index contributed by atoms with van der Waals surface area (Å²) in [5, 5.41) is 7.00. The lowest BCUT2D eigenvalue weighted by atomic mass is 10.4. The van der Waals surface area contributed by atoms with E-state index in [1.165, 1.54) is 19.5 Å². The van der Waals surface area contributed by atoms with E-state index in [9.17, 15) is 0 Å². The Morgan fingerprint density at radius 2 is 1.67 bits per heavy atom. The molecule has 0 aromatic carbocycles. The number of nitrogens with zero attached hydrogens (tertiary/aromatic N) is 1. The zero-order valence-corrected chi connectivity index (χ0v) is 7.02. The highest BCUT2D eigenvalue weighted by Gasteiger charge is 1.86. The minimum Gasteiger partial charge on any atom is -0.400 e. The van der Waals surface area contributed by atoms with E-state index >= 15 is 0 Å². The molecule has 58 valence electrons. The van der Waals surface area contributed by atoms with Crippen molar-refractivity contribution in [2.45, 2.75) is 20.3 Å². The first kappa shape index (κ1) is 11.7. The third kappa shape index (κ3) is 11.5. The molecule has 0 radical (unpaired) electrons. The summed E-state index contributed by atoms with van der Waals surface area (Å²) < 4.78 is 0. The monoisotopic (exact) mass is 133 g/mol. The highest BCUT2D eigenvalue weighted by atomic mass is 16.2. The van der Waals surface area contributed by atoms with Crippen LogP contribution < -0.4 is 0 Å². The predicted octanol–water partition coefficient (Wildman–Crippen LogP) is 0.957. The van der Waals surface area contributed by atoms with E-state index in [2.05, 4.69) is 25.8 Å². The zero-order chi connectivity index (χ0) is 7.70. The smallest absolute Gasteiger partial charge is 0.0319 e. The Balaban J connectivity index is 0. The highest BCUT2D eigenvalue weighted by Crippen LogP contribution is 1.81. The van der Waals surface area contributed by atoms with Gasteiger partial charge in [-0.15, -0.1) is 0 Å². The standard InChI is InChI=1S/C6H15N.CH4O/c1-4-6-7(3)5-2;1-2/h4-6H2,1-3H3;2H,1H3. The number of aliphatic hydroxyl groups is 1. The van der Waals surface area contributed by atoms with Crippen LogP contribution in [-0.4, -0.2) is 37.3 Å².